The maximum absolute atomic E-state index is 5.22. The van der Waals surface area contributed by atoms with Crippen LogP contribution in [0.4, 0.5) is 23.1 Å². The molecule has 1 heterocycles. The highest BCUT2D eigenvalue weighted by Crippen LogP contribution is 2.26. The summed E-state index contributed by atoms with van der Waals surface area (Å²) < 4.78 is 6.21. The minimum Gasteiger partial charge on any atom is -0.497 e. The number of ether oxygens (including phenoxy) is 1. The average molecular weight is 385 g/mol. The molecule has 2 aromatic carbocycles. The quantitative estimate of drug-likeness (QED) is 0.644. The normalized spacial score (nSPS) is 10.3. The van der Waals surface area contributed by atoms with Crippen LogP contribution in [0, 0.1) is 6.92 Å². The van der Waals surface area contributed by atoms with Gasteiger partial charge in [0.25, 0.3) is 0 Å². The molecule has 1 aromatic heterocycles. The minimum absolute atomic E-state index is 0.511. The molecular formula is C18H17BrN4O. The molecule has 24 heavy (non-hydrogen) atoms. The molecule has 0 saturated heterocycles. The molecule has 0 aliphatic carbocycles. The number of nitrogens with zero attached hydrogens (tertiary/aromatic N) is 2. The number of hydrogen-bond donors (Lipinski definition) is 2. The highest BCUT2D eigenvalue weighted by atomic mass is 79.9. The fraction of sp³-hybridized carbons (Fsp3) is 0.111. The van der Waals surface area contributed by atoms with Crippen LogP contribution in [0.1, 0.15) is 5.56 Å². The SMILES string of the molecule is COc1cccc(Nc2nccc(Nc3ccc(C)cc3Br)n2)c1. The molecule has 0 fully saturated rings. The van der Waals surface area contributed by atoms with Crippen LogP contribution in [0.2, 0.25) is 0 Å². The van der Waals surface area contributed by atoms with E-state index in [2.05, 4.69) is 49.5 Å². The topological polar surface area (TPSA) is 59.1 Å². The van der Waals surface area contributed by atoms with Crippen LogP contribution < -0.4 is 15.4 Å². The first kappa shape index (κ1) is 16.3. The molecule has 122 valence electrons. The van der Waals surface area contributed by atoms with E-state index in [9.17, 15) is 0 Å². The fourth-order valence-corrected chi connectivity index (χ4v) is 2.77. The Morgan fingerprint density at radius 3 is 2.71 bits per heavy atom. The second-order valence-electron chi connectivity index (χ2n) is 5.23. The lowest BCUT2D eigenvalue weighted by atomic mass is 10.2. The number of rotatable bonds is 5. The van der Waals surface area contributed by atoms with Crippen molar-refractivity contribution in [3.8, 4) is 5.75 Å². The standard InChI is InChI=1S/C18H17BrN4O/c1-12-6-7-16(15(19)10-12)22-17-8-9-20-18(23-17)21-13-4-3-5-14(11-13)24-2/h3-11H,1-2H3,(H2,20,21,22,23). The second-order valence-corrected chi connectivity index (χ2v) is 6.09. The zero-order chi connectivity index (χ0) is 16.9. The molecule has 6 heteroatoms. The largest absolute Gasteiger partial charge is 0.497 e. The lowest BCUT2D eigenvalue weighted by molar-refractivity contribution is 0.415. The van der Waals surface area contributed by atoms with Gasteiger partial charge in [0.05, 0.1) is 12.8 Å². The number of benzene rings is 2. The summed E-state index contributed by atoms with van der Waals surface area (Å²) in [6.45, 7) is 2.05. The van der Waals surface area contributed by atoms with Gasteiger partial charge < -0.3 is 15.4 Å². The molecule has 0 atom stereocenters. The first-order chi connectivity index (χ1) is 11.6. The van der Waals surface area contributed by atoms with Crippen molar-refractivity contribution in [2.24, 2.45) is 0 Å². The number of aryl methyl sites for hydroxylation is 1. The summed E-state index contributed by atoms with van der Waals surface area (Å²) in [7, 11) is 1.64. The Balaban J connectivity index is 1.78. The Morgan fingerprint density at radius 2 is 1.92 bits per heavy atom. The van der Waals surface area contributed by atoms with Gasteiger partial charge in [0.15, 0.2) is 0 Å². The molecule has 2 N–H and O–H groups in total. The van der Waals surface area contributed by atoms with Crippen molar-refractivity contribution in [2.75, 3.05) is 17.7 Å². The summed E-state index contributed by atoms with van der Waals surface area (Å²) >= 11 is 3.56. The number of hydrogen-bond acceptors (Lipinski definition) is 5. The Labute approximate surface area is 149 Å². The molecule has 0 radical (unpaired) electrons. The van der Waals surface area contributed by atoms with E-state index in [4.69, 9.17) is 4.74 Å². The van der Waals surface area contributed by atoms with E-state index in [1.165, 1.54) is 5.56 Å². The van der Waals surface area contributed by atoms with Gasteiger partial charge in [-0.2, -0.15) is 4.98 Å². The predicted octanol–water partition coefficient (Wildman–Crippen LogP) is 5.04. The van der Waals surface area contributed by atoms with Gasteiger partial charge >= 0.3 is 0 Å². The van der Waals surface area contributed by atoms with Crippen molar-refractivity contribution < 1.29 is 4.74 Å². The molecule has 0 spiro atoms. The van der Waals surface area contributed by atoms with Crippen LogP contribution in [-0.2, 0) is 0 Å². The van der Waals surface area contributed by atoms with Crippen LogP contribution in [0.15, 0.2) is 59.2 Å². The Morgan fingerprint density at radius 1 is 1.04 bits per heavy atom. The summed E-state index contributed by atoms with van der Waals surface area (Å²) in [6.07, 6.45) is 1.71. The monoisotopic (exact) mass is 384 g/mol. The van der Waals surface area contributed by atoms with Gasteiger partial charge in [0, 0.05) is 22.4 Å². The average Bonchev–Trinajstić information content (AvgIpc) is 2.58. The maximum atomic E-state index is 5.22. The Bertz CT molecular complexity index is 854. The summed E-state index contributed by atoms with van der Waals surface area (Å²) in [6, 6.07) is 15.6. The van der Waals surface area contributed by atoms with Crippen LogP contribution in [0.3, 0.4) is 0 Å². The van der Waals surface area contributed by atoms with Gasteiger partial charge in [-0.05, 0) is 58.7 Å². The smallest absolute Gasteiger partial charge is 0.229 e. The van der Waals surface area contributed by atoms with E-state index < -0.39 is 0 Å². The third-order valence-electron chi connectivity index (χ3n) is 3.37. The molecule has 0 aliphatic rings. The summed E-state index contributed by atoms with van der Waals surface area (Å²) in [4.78, 5) is 8.74. The minimum atomic E-state index is 0.511. The van der Waals surface area contributed by atoms with Crippen LogP contribution in [0.5, 0.6) is 5.75 Å². The van der Waals surface area contributed by atoms with Crippen molar-refractivity contribution in [2.45, 2.75) is 6.92 Å². The highest BCUT2D eigenvalue weighted by Gasteiger charge is 2.04. The lowest BCUT2D eigenvalue weighted by Gasteiger charge is -2.10. The zero-order valence-electron chi connectivity index (χ0n) is 13.4. The summed E-state index contributed by atoms with van der Waals surface area (Å²) in [5.74, 6) is 1.99. The number of halogens is 1. The number of nitrogens with one attached hydrogen (secondary N) is 2. The summed E-state index contributed by atoms with van der Waals surface area (Å²) in [5, 5.41) is 6.46. The first-order valence-electron chi connectivity index (χ1n) is 7.41. The molecular weight excluding hydrogens is 368 g/mol. The third-order valence-corrected chi connectivity index (χ3v) is 4.02. The lowest BCUT2D eigenvalue weighted by Crippen LogP contribution is -2.01. The van der Waals surface area contributed by atoms with E-state index in [1.807, 2.05) is 42.5 Å². The van der Waals surface area contributed by atoms with Gasteiger partial charge in [-0.3, -0.25) is 0 Å². The Hall–Kier alpha value is -2.60. The van der Waals surface area contributed by atoms with Crippen molar-refractivity contribution >= 4 is 39.1 Å². The molecule has 5 nitrogen and oxygen atoms in total. The summed E-state index contributed by atoms with van der Waals surface area (Å²) in [5.41, 5.74) is 3.00. The van der Waals surface area contributed by atoms with Crippen molar-refractivity contribution in [3.63, 3.8) is 0 Å². The van der Waals surface area contributed by atoms with Crippen molar-refractivity contribution in [3.05, 3.63) is 64.8 Å². The first-order valence-corrected chi connectivity index (χ1v) is 8.20. The molecule has 3 rings (SSSR count). The molecule has 0 saturated carbocycles. The van der Waals surface area contributed by atoms with Crippen molar-refractivity contribution in [1.82, 2.24) is 9.97 Å². The second kappa shape index (κ2) is 7.31. The number of methoxy groups -OCH3 is 1. The van der Waals surface area contributed by atoms with Crippen LogP contribution in [-0.4, -0.2) is 17.1 Å². The molecule has 0 unspecified atom stereocenters. The molecule has 0 amide bonds. The van der Waals surface area contributed by atoms with Gasteiger partial charge in [-0.25, -0.2) is 4.98 Å². The van der Waals surface area contributed by atoms with E-state index in [0.717, 1.165) is 21.6 Å². The third kappa shape index (κ3) is 4.02. The van der Waals surface area contributed by atoms with E-state index in [0.29, 0.717) is 11.8 Å². The molecule has 3 aromatic rings. The predicted molar refractivity (Wildman–Crippen MR) is 100 cm³/mol. The van der Waals surface area contributed by atoms with E-state index >= 15 is 0 Å². The van der Waals surface area contributed by atoms with E-state index in [1.54, 1.807) is 13.3 Å². The van der Waals surface area contributed by atoms with Crippen molar-refractivity contribution in [1.29, 1.82) is 0 Å². The van der Waals surface area contributed by atoms with Gasteiger partial charge in [-0.1, -0.05) is 12.1 Å². The van der Waals surface area contributed by atoms with Crippen LogP contribution in [0.25, 0.3) is 0 Å². The number of aromatic nitrogens is 2. The molecule has 0 bridgehead atoms. The zero-order valence-corrected chi connectivity index (χ0v) is 15.0. The number of anilines is 4. The van der Waals surface area contributed by atoms with Crippen LogP contribution >= 0.6 is 15.9 Å². The Kier molecular flexibility index (Phi) is 4.96. The van der Waals surface area contributed by atoms with Gasteiger partial charge in [-0.15, -0.1) is 0 Å². The van der Waals surface area contributed by atoms with Gasteiger partial charge in [0.1, 0.15) is 11.6 Å². The fourth-order valence-electron chi connectivity index (χ4n) is 2.18. The maximum Gasteiger partial charge on any atom is 0.229 e. The highest BCUT2D eigenvalue weighted by molar-refractivity contribution is 9.10. The van der Waals surface area contributed by atoms with Gasteiger partial charge in [0.2, 0.25) is 5.95 Å². The van der Waals surface area contributed by atoms with E-state index in [-0.39, 0.29) is 0 Å². The molecule has 0 aliphatic heterocycles.